The minimum atomic E-state index is -0.295. The lowest BCUT2D eigenvalue weighted by Crippen LogP contribution is -2.51. The summed E-state index contributed by atoms with van der Waals surface area (Å²) in [5.41, 5.74) is 1.36. The van der Waals surface area contributed by atoms with Gasteiger partial charge in [0.25, 0.3) is 0 Å². The molecule has 1 aromatic heterocycles. The van der Waals surface area contributed by atoms with Gasteiger partial charge in [-0.2, -0.15) is 0 Å². The van der Waals surface area contributed by atoms with Crippen LogP contribution in [0.2, 0.25) is 0 Å². The largest absolute Gasteiger partial charge is 0.371 e. The van der Waals surface area contributed by atoms with Crippen LogP contribution in [0.3, 0.4) is 0 Å². The second-order valence-corrected chi connectivity index (χ2v) is 9.09. The zero-order valence-electron chi connectivity index (χ0n) is 17.8. The van der Waals surface area contributed by atoms with Crippen LogP contribution in [-0.4, -0.2) is 58.6 Å². The number of hydrogen-bond donors (Lipinski definition) is 3. The van der Waals surface area contributed by atoms with Crippen LogP contribution in [0.4, 0.5) is 10.3 Å². The van der Waals surface area contributed by atoms with Gasteiger partial charge in [-0.05, 0) is 43.3 Å². The Balaban J connectivity index is 1.18. The maximum atomic E-state index is 13.6. The Morgan fingerprint density at radius 1 is 1.00 bits per heavy atom. The Hall–Kier alpha value is -2.36. The number of hydrogen-bond acceptors (Lipinski definition) is 6. The monoisotopic (exact) mass is 457 g/mol. The minimum Gasteiger partial charge on any atom is -0.371 e. The molecule has 2 aromatic rings. The Bertz CT molecular complexity index is 957. The molecule has 1 saturated carbocycles. The highest BCUT2D eigenvalue weighted by molar-refractivity contribution is 7.80. The van der Waals surface area contributed by atoms with Crippen molar-refractivity contribution >= 4 is 23.3 Å². The number of nitrogens with zero attached hydrogens (tertiary/aromatic N) is 2. The van der Waals surface area contributed by atoms with Crippen molar-refractivity contribution in [1.29, 1.82) is 0 Å². The van der Waals surface area contributed by atoms with Gasteiger partial charge in [-0.1, -0.05) is 31.4 Å². The highest BCUT2D eigenvalue weighted by atomic mass is 32.1. The second-order valence-electron chi connectivity index (χ2n) is 8.68. The smallest absolute Gasteiger partial charge is 0.223 e. The van der Waals surface area contributed by atoms with Crippen molar-refractivity contribution < 1.29 is 13.9 Å². The molecule has 3 aliphatic rings. The molecule has 0 spiro atoms. The number of rotatable bonds is 5. The minimum absolute atomic E-state index is 0.00920. The van der Waals surface area contributed by atoms with E-state index in [0.29, 0.717) is 41.6 Å². The third-order valence-electron chi connectivity index (χ3n) is 6.40. The molecule has 2 aliphatic heterocycles. The first-order valence-electron chi connectivity index (χ1n) is 11.3. The Morgan fingerprint density at radius 3 is 2.59 bits per heavy atom. The number of benzene rings is 1. The Kier molecular flexibility index (Phi) is 6.47. The lowest BCUT2D eigenvalue weighted by atomic mass is 9.96. The molecule has 0 unspecified atom stereocenters. The second kappa shape index (κ2) is 9.64. The predicted molar refractivity (Wildman–Crippen MR) is 124 cm³/mol. The van der Waals surface area contributed by atoms with E-state index in [-0.39, 0.29) is 30.1 Å². The van der Waals surface area contributed by atoms with E-state index in [2.05, 4.69) is 25.9 Å². The molecular formula is C23H28FN5O2S. The molecule has 4 atom stereocenters. The first kappa shape index (κ1) is 21.5. The topological polar surface area (TPSA) is 80.3 Å². The van der Waals surface area contributed by atoms with Crippen LogP contribution in [0.15, 0.2) is 36.5 Å². The molecule has 0 bridgehead atoms. The third-order valence-corrected chi connectivity index (χ3v) is 6.64. The molecular weight excluding hydrogens is 429 g/mol. The van der Waals surface area contributed by atoms with Gasteiger partial charge >= 0.3 is 0 Å². The molecule has 170 valence electrons. The van der Waals surface area contributed by atoms with Gasteiger partial charge in [-0.25, -0.2) is 14.4 Å². The van der Waals surface area contributed by atoms with Gasteiger partial charge in [0.15, 0.2) is 5.11 Å². The van der Waals surface area contributed by atoms with Gasteiger partial charge in [0.1, 0.15) is 18.0 Å². The predicted octanol–water partition coefficient (Wildman–Crippen LogP) is 3.03. The first-order chi connectivity index (χ1) is 15.7. The van der Waals surface area contributed by atoms with Crippen molar-refractivity contribution in [3.63, 3.8) is 0 Å². The van der Waals surface area contributed by atoms with E-state index in [1.165, 1.54) is 44.2 Å². The van der Waals surface area contributed by atoms with E-state index in [9.17, 15) is 4.39 Å². The summed E-state index contributed by atoms with van der Waals surface area (Å²) in [5, 5.41) is 10.9. The Labute approximate surface area is 192 Å². The molecule has 9 heteroatoms. The standard InChI is InChI=1S/C23H28FN5O2S/c24-15-6-4-5-14(11-15)17-9-10-25-22(27-17)28-18-12-30-21-19(13-31-20(18)21)29-23(32)26-16-7-2-1-3-8-16/h4-6,9-11,16,18-21H,1-3,7-8,12-13H2,(H,25,27,28)(H2,26,29,32)/t18-,19+,20-,21+/m1/s1. The average molecular weight is 458 g/mol. The molecule has 3 heterocycles. The first-order valence-corrected chi connectivity index (χ1v) is 11.7. The summed E-state index contributed by atoms with van der Waals surface area (Å²) in [4.78, 5) is 8.87. The molecule has 2 saturated heterocycles. The summed E-state index contributed by atoms with van der Waals surface area (Å²) >= 11 is 5.54. The fraction of sp³-hybridized carbons (Fsp3) is 0.522. The molecule has 0 amide bonds. The van der Waals surface area contributed by atoms with Crippen molar-refractivity contribution in [3.05, 3.63) is 42.3 Å². The number of thiocarbonyl (C=S) groups is 1. The van der Waals surface area contributed by atoms with E-state index in [0.717, 1.165) is 0 Å². The van der Waals surface area contributed by atoms with Gasteiger partial charge in [0.2, 0.25) is 5.95 Å². The van der Waals surface area contributed by atoms with E-state index in [1.54, 1.807) is 18.3 Å². The molecule has 0 radical (unpaired) electrons. The number of nitrogens with one attached hydrogen (secondary N) is 3. The van der Waals surface area contributed by atoms with Crippen LogP contribution in [0.1, 0.15) is 32.1 Å². The highest BCUT2D eigenvalue weighted by Gasteiger charge is 2.48. The number of anilines is 1. The van der Waals surface area contributed by atoms with Crippen molar-refractivity contribution in [2.45, 2.75) is 62.4 Å². The lowest BCUT2D eigenvalue weighted by molar-refractivity contribution is 0.0688. The average Bonchev–Trinajstić information content (AvgIpc) is 3.38. The highest BCUT2D eigenvalue weighted by Crippen LogP contribution is 2.29. The fourth-order valence-electron chi connectivity index (χ4n) is 4.79. The van der Waals surface area contributed by atoms with Gasteiger partial charge < -0.3 is 25.4 Å². The summed E-state index contributed by atoms with van der Waals surface area (Å²) in [6.07, 6.45) is 7.63. The fourth-order valence-corrected chi connectivity index (χ4v) is 5.11. The Morgan fingerprint density at radius 2 is 1.78 bits per heavy atom. The zero-order chi connectivity index (χ0) is 21.9. The van der Waals surface area contributed by atoms with Crippen molar-refractivity contribution in [3.8, 4) is 11.3 Å². The number of fused-ring (bicyclic) bond motifs is 1. The van der Waals surface area contributed by atoms with E-state index < -0.39 is 0 Å². The van der Waals surface area contributed by atoms with Gasteiger partial charge in [-0.3, -0.25) is 0 Å². The molecule has 7 nitrogen and oxygen atoms in total. The molecule has 1 aliphatic carbocycles. The van der Waals surface area contributed by atoms with E-state index in [4.69, 9.17) is 21.7 Å². The van der Waals surface area contributed by atoms with Gasteiger partial charge in [0, 0.05) is 17.8 Å². The maximum Gasteiger partial charge on any atom is 0.223 e. The van der Waals surface area contributed by atoms with Crippen molar-refractivity contribution in [1.82, 2.24) is 20.6 Å². The molecule has 32 heavy (non-hydrogen) atoms. The summed E-state index contributed by atoms with van der Waals surface area (Å²) in [6.45, 7) is 1.02. The normalized spacial score (nSPS) is 27.7. The van der Waals surface area contributed by atoms with Crippen LogP contribution < -0.4 is 16.0 Å². The molecule has 3 N–H and O–H groups in total. The molecule has 1 aromatic carbocycles. The third kappa shape index (κ3) is 4.84. The summed E-state index contributed by atoms with van der Waals surface area (Å²) in [5.74, 6) is 0.173. The van der Waals surface area contributed by atoms with Crippen LogP contribution in [0, 0.1) is 5.82 Å². The number of ether oxygens (including phenoxy) is 2. The number of halogens is 1. The van der Waals surface area contributed by atoms with Crippen molar-refractivity contribution in [2.24, 2.45) is 0 Å². The van der Waals surface area contributed by atoms with Crippen LogP contribution in [-0.2, 0) is 9.47 Å². The summed E-state index contributed by atoms with van der Waals surface area (Å²) in [6, 6.07) is 8.53. The van der Waals surface area contributed by atoms with Gasteiger partial charge in [-0.15, -0.1) is 0 Å². The number of aromatic nitrogens is 2. The maximum absolute atomic E-state index is 13.6. The lowest BCUT2D eigenvalue weighted by Gasteiger charge is -2.26. The van der Waals surface area contributed by atoms with Crippen LogP contribution in [0.25, 0.3) is 11.3 Å². The van der Waals surface area contributed by atoms with Crippen molar-refractivity contribution in [2.75, 3.05) is 18.5 Å². The van der Waals surface area contributed by atoms with Gasteiger partial charge in [0.05, 0.1) is 31.0 Å². The summed E-state index contributed by atoms with van der Waals surface area (Å²) in [7, 11) is 0. The van der Waals surface area contributed by atoms with Crippen LogP contribution in [0.5, 0.6) is 0 Å². The van der Waals surface area contributed by atoms with E-state index in [1.807, 2.05) is 6.07 Å². The van der Waals surface area contributed by atoms with E-state index >= 15 is 0 Å². The molecule has 5 rings (SSSR count). The summed E-state index contributed by atoms with van der Waals surface area (Å²) < 4.78 is 25.7. The molecule has 3 fully saturated rings. The van der Waals surface area contributed by atoms with Crippen LogP contribution >= 0.6 is 12.2 Å². The SMILES string of the molecule is Fc1cccc(-c2ccnc(N[C@@H]3CO[C@@H]4[C@@H]3OC[C@@H]4NC(=S)NC3CCCCC3)n2)c1. The quantitative estimate of drug-likeness (QED) is 0.592. The zero-order valence-corrected chi connectivity index (χ0v) is 18.6.